The molecular weight excluding hydrogens is 371 g/mol. The monoisotopic (exact) mass is 386 g/mol. The van der Waals surface area contributed by atoms with Gasteiger partial charge in [-0.2, -0.15) is 0 Å². The Kier molecular flexibility index (Phi) is 5.52. The van der Waals surface area contributed by atoms with Gasteiger partial charge in [-0.25, -0.2) is 14.0 Å². The van der Waals surface area contributed by atoms with Gasteiger partial charge in [-0.15, -0.1) is 11.3 Å². The van der Waals surface area contributed by atoms with E-state index in [1.54, 1.807) is 36.4 Å². The Bertz CT molecular complexity index is 1040. The highest BCUT2D eigenvalue weighted by Crippen LogP contribution is 2.32. The number of fused-ring (bicyclic) bond motifs is 1. The zero-order valence-corrected chi connectivity index (χ0v) is 15.3. The van der Waals surface area contributed by atoms with Crippen LogP contribution in [0.5, 0.6) is 11.5 Å². The molecule has 0 radical (unpaired) electrons. The van der Waals surface area contributed by atoms with Gasteiger partial charge in [0.1, 0.15) is 10.7 Å². The Morgan fingerprint density at radius 1 is 1.07 bits per heavy atom. The van der Waals surface area contributed by atoms with Gasteiger partial charge < -0.3 is 14.2 Å². The van der Waals surface area contributed by atoms with Crippen LogP contribution in [0.2, 0.25) is 0 Å². The number of ether oxygens (including phenoxy) is 3. The van der Waals surface area contributed by atoms with Crippen LogP contribution in [0.3, 0.4) is 0 Å². The van der Waals surface area contributed by atoms with Gasteiger partial charge in [0.05, 0.1) is 14.2 Å². The molecule has 3 rings (SSSR count). The van der Waals surface area contributed by atoms with E-state index in [2.05, 4.69) is 4.74 Å². The highest BCUT2D eigenvalue weighted by atomic mass is 32.1. The molecule has 7 heteroatoms. The number of methoxy groups -OCH3 is 2. The summed E-state index contributed by atoms with van der Waals surface area (Å²) in [4.78, 5) is 23.9. The Labute approximate surface area is 158 Å². The summed E-state index contributed by atoms with van der Waals surface area (Å²) in [7, 11) is 2.73. The number of hydrogen-bond acceptors (Lipinski definition) is 6. The van der Waals surface area contributed by atoms with E-state index in [9.17, 15) is 14.0 Å². The summed E-state index contributed by atoms with van der Waals surface area (Å²) in [6, 6.07) is 11.0. The van der Waals surface area contributed by atoms with Crippen LogP contribution in [0.1, 0.15) is 15.2 Å². The maximum atomic E-state index is 13.8. The Morgan fingerprint density at radius 2 is 1.89 bits per heavy atom. The number of halogens is 1. The fourth-order valence-electron chi connectivity index (χ4n) is 2.38. The number of rotatable bonds is 5. The van der Waals surface area contributed by atoms with Gasteiger partial charge in [-0.05, 0) is 42.0 Å². The summed E-state index contributed by atoms with van der Waals surface area (Å²) in [6.07, 6.45) is 2.82. The first-order valence-electron chi connectivity index (χ1n) is 7.86. The molecule has 5 nitrogen and oxygen atoms in total. The van der Waals surface area contributed by atoms with Crippen molar-refractivity contribution in [3.05, 3.63) is 64.8 Å². The second kappa shape index (κ2) is 8.01. The normalized spacial score (nSPS) is 10.9. The predicted octanol–water partition coefficient (Wildman–Crippen LogP) is 4.45. The van der Waals surface area contributed by atoms with Crippen LogP contribution in [-0.4, -0.2) is 26.2 Å². The van der Waals surface area contributed by atoms with Crippen molar-refractivity contribution < 1.29 is 28.2 Å². The summed E-state index contributed by atoms with van der Waals surface area (Å²) >= 11 is 1.15. The average Bonchev–Trinajstić information content (AvgIpc) is 3.12. The third-order valence-electron chi connectivity index (χ3n) is 3.71. The highest BCUT2D eigenvalue weighted by molar-refractivity contribution is 7.20. The molecular formula is C20H15FO5S. The fraction of sp³-hybridized carbons (Fsp3) is 0.100. The summed E-state index contributed by atoms with van der Waals surface area (Å²) in [5, 5.41) is 0.379. The van der Waals surface area contributed by atoms with Crippen molar-refractivity contribution in [1.82, 2.24) is 0 Å². The van der Waals surface area contributed by atoms with Crippen molar-refractivity contribution >= 4 is 39.4 Å². The third-order valence-corrected chi connectivity index (χ3v) is 4.79. The summed E-state index contributed by atoms with van der Waals surface area (Å²) < 4.78 is 29.7. The first-order valence-corrected chi connectivity index (χ1v) is 8.68. The largest absolute Gasteiger partial charge is 0.493 e. The van der Waals surface area contributed by atoms with E-state index < -0.39 is 11.9 Å². The van der Waals surface area contributed by atoms with Crippen molar-refractivity contribution in [3.63, 3.8) is 0 Å². The van der Waals surface area contributed by atoms with E-state index in [1.807, 2.05) is 0 Å². The molecule has 0 fully saturated rings. The van der Waals surface area contributed by atoms with Gasteiger partial charge in [0.15, 0.2) is 11.5 Å². The van der Waals surface area contributed by atoms with Crippen LogP contribution in [0.25, 0.3) is 16.2 Å². The minimum absolute atomic E-state index is 0.218. The molecule has 0 aliphatic heterocycles. The minimum atomic E-state index is -0.605. The average molecular weight is 386 g/mol. The predicted molar refractivity (Wildman–Crippen MR) is 101 cm³/mol. The standard InChI is InChI=1S/C20H15FO5S/c1-24-16-10-12(7-9-19(22)25-2)6-8-15(16)26-20(23)18-11-13-14(21)4-3-5-17(13)27-18/h3-11H,1-2H3/b9-7+. The van der Waals surface area contributed by atoms with Crippen LogP contribution in [-0.2, 0) is 9.53 Å². The van der Waals surface area contributed by atoms with Crippen molar-refractivity contribution in [2.75, 3.05) is 14.2 Å². The Balaban J connectivity index is 1.83. The van der Waals surface area contributed by atoms with Crippen LogP contribution in [0, 0.1) is 5.82 Å². The number of esters is 2. The van der Waals surface area contributed by atoms with E-state index in [-0.39, 0.29) is 16.4 Å². The quantitative estimate of drug-likeness (QED) is 0.368. The van der Waals surface area contributed by atoms with Gasteiger partial charge in [0.25, 0.3) is 0 Å². The lowest BCUT2D eigenvalue weighted by Crippen LogP contribution is -2.07. The fourth-order valence-corrected chi connectivity index (χ4v) is 3.33. The summed E-state index contributed by atoms with van der Waals surface area (Å²) in [5.74, 6) is -0.936. The van der Waals surface area contributed by atoms with Gasteiger partial charge in [-0.3, -0.25) is 0 Å². The molecule has 0 bridgehead atoms. The van der Waals surface area contributed by atoms with Crippen molar-refractivity contribution in [3.8, 4) is 11.5 Å². The Morgan fingerprint density at radius 3 is 2.59 bits per heavy atom. The highest BCUT2D eigenvalue weighted by Gasteiger charge is 2.16. The third kappa shape index (κ3) is 4.15. The van der Waals surface area contributed by atoms with E-state index in [1.165, 1.54) is 32.4 Å². The van der Waals surface area contributed by atoms with Crippen LogP contribution in [0.15, 0.2) is 48.5 Å². The molecule has 0 atom stereocenters. The molecule has 2 aromatic carbocycles. The molecule has 138 valence electrons. The number of benzene rings is 2. The maximum Gasteiger partial charge on any atom is 0.353 e. The molecule has 0 aliphatic rings. The van der Waals surface area contributed by atoms with E-state index in [4.69, 9.17) is 9.47 Å². The van der Waals surface area contributed by atoms with E-state index >= 15 is 0 Å². The number of hydrogen-bond donors (Lipinski definition) is 0. The van der Waals surface area contributed by atoms with Crippen LogP contribution >= 0.6 is 11.3 Å². The molecule has 0 unspecified atom stereocenters. The van der Waals surface area contributed by atoms with E-state index in [0.717, 1.165) is 11.3 Å². The molecule has 27 heavy (non-hydrogen) atoms. The molecule has 0 amide bonds. The zero-order chi connectivity index (χ0) is 19.4. The SMILES string of the molecule is COC(=O)/C=C/c1ccc(OC(=O)c2cc3c(F)cccc3s2)c(OC)c1. The molecule has 0 N–H and O–H groups in total. The van der Waals surface area contributed by atoms with E-state index in [0.29, 0.717) is 21.4 Å². The minimum Gasteiger partial charge on any atom is -0.493 e. The molecule has 0 saturated carbocycles. The maximum absolute atomic E-state index is 13.8. The van der Waals surface area contributed by atoms with Crippen molar-refractivity contribution in [2.24, 2.45) is 0 Å². The molecule has 0 spiro atoms. The lowest BCUT2D eigenvalue weighted by Gasteiger charge is -2.09. The molecule has 1 heterocycles. The summed E-state index contributed by atoms with van der Waals surface area (Å²) in [6.45, 7) is 0. The Hall–Kier alpha value is -3.19. The molecule has 0 saturated heterocycles. The molecule has 0 aliphatic carbocycles. The second-order valence-electron chi connectivity index (χ2n) is 5.42. The number of thiophene rings is 1. The van der Waals surface area contributed by atoms with Gasteiger partial charge in [0.2, 0.25) is 0 Å². The smallest absolute Gasteiger partial charge is 0.353 e. The van der Waals surface area contributed by atoms with Crippen molar-refractivity contribution in [1.29, 1.82) is 0 Å². The van der Waals surface area contributed by atoms with Crippen LogP contribution < -0.4 is 9.47 Å². The number of carbonyl (C=O) groups excluding carboxylic acids is 2. The first-order chi connectivity index (χ1) is 13.0. The lowest BCUT2D eigenvalue weighted by molar-refractivity contribution is -0.134. The molecule has 1 aromatic heterocycles. The number of carbonyl (C=O) groups is 2. The summed E-state index contributed by atoms with van der Waals surface area (Å²) in [5.41, 5.74) is 0.668. The second-order valence-corrected chi connectivity index (χ2v) is 6.50. The van der Waals surface area contributed by atoms with Crippen LogP contribution in [0.4, 0.5) is 4.39 Å². The zero-order valence-electron chi connectivity index (χ0n) is 14.5. The van der Waals surface area contributed by atoms with Crippen molar-refractivity contribution in [2.45, 2.75) is 0 Å². The lowest BCUT2D eigenvalue weighted by atomic mass is 10.2. The van der Waals surface area contributed by atoms with Gasteiger partial charge in [0, 0.05) is 16.2 Å². The first kappa shape index (κ1) is 18.6. The topological polar surface area (TPSA) is 61.8 Å². The van der Waals surface area contributed by atoms with Gasteiger partial charge in [-0.1, -0.05) is 12.1 Å². The van der Waals surface area contributed by atoms with Gasteiger partial charge >= 0.3 is 11.9 Å². The molecule has 3 aromatic rings.